The normalized spacial score (nSPS) is 16.1. The van der Waals surface area contributed by atoms with Crippen LogP contribution in [0, 0.1) is 10.8 Å². The van der Waals surface area contributed by atoms with Gasteiger partial charge in [0.25, 0.3) is 0 Å². The monoisotopic (exact) mass is 400 g/mol. The molecule has 0 amide bonds. The Labute approximate surface area is 166 Å². The lowest BCUT2D eigenvalue weighted by Gasteiger charge is -2.32. The third-order valence-electron chi connectivity index (χ3n) is 5.17. The molecule has 1 fully saturated rings. The van der Waals surface area contributed by atoms with E-state index < -0.39 is 47.5 Å². The van der Waals surface area contributed by atoms with Crippen LogP contribution in [0.4, 0.5) is 0 Å². The molecule has 0 heterocycles. The van der Waals surface area contributed by atoms with Crippen molar-refractivity contribution in [3.05, 3.63) is 60.7 Å². The fraction of sp³-hybridized carbons (Fsp3) is 0.238. The van der Waals surface area contributed by atoms with Gasteiger partial charge in [0, 0.05) is 0 Å². The molecule has 29 heavy (non-hydrogen) atoms. The predicted octanol–water partition coefficient (Wildman–Crippen LogP) is 2.84. The molecule has 1 aliphatic carbocycles. The maximum atomic E-state index is 11.1. The average molecular weight is 400 g/mol. The van der Waals surface area contributed by atoms with E-state index in [0.717, 1.165) is 0 Å². The minimum absolute atomic E-state index is 0.0861. The second-order valence-electron chi connectivity index (χ2n) is 6.62. The highest BCUT2D eigenvalue weighted by Gasteiger charge is 2.73. The van der Waals surface area contributed by atoms with Crippen molar-refractivity contribution in [3.63, 3.8) is 0 Å². The summed E-state index contributed by atoms with van der Waals surface area (Å²) in [4.78, 5) is 44.3. The molecule has 0 bridgehead atoms. The average Bonchev–Trinajstić information content (AvgIpc) is 3.13. The zero-order valence-electron chi connectivity index (χ0n) is 15.3. The van der Waals surface area contributed by atoms with Crippen LogP contribution in [0.1, 0.15) is 19.3 Å². The maximum absolute atomic E-state index is 11.1. The number of hydrogen-bond acceptors (Lipinski definition) is 4. The minimum Gasteiger partial charge on any atom is -0.480 e. The molecule has 0 unspecified atom stereocenters. The van der Waals surface area contributed by atoms with E-state index in [4.69, 9.17) is 20.4 Å². The van der Waals surface area contributed by atoms with Crippen molar-refractivity contribution < 1.29 is 39.6 Å². The van der Waals surface area contributed by atoms with E-state index in [-0.39, 0.29) is 6.42 Å². The van der Waals surface area contributed by atoms with Gasteiger partial charge in [-0.1, -0.05) is 60.7 Å². The van der Waals surface area contributed by atoms with Crippen LogP contribution in [0.2, 0.25) is 0 Å². The molecule has 8 nitrogen and oxygen atoms in total. The van der Waals surface area contributed by atoms with Crippen molar-refractivity contribution in [2.45, 2.75) is 19.3 Å². The van der Waals surface area contributed by atoms with E-state index in [0.29, 0.717) is 0 Å². The van der Waals surface area contributed by atoms with Gasteiger partial charge in [0.1, 0.15) is 0 Å². The molecule has 1 aliphatic rings. The Hall–Kier alpha value is -3.68. The van der Waals surface area contributed by atoms with Crippen molar-refractivity contribution in [1.29, 1.82) is 0 Å². The van der Waals surface area contributed by atoms with Gasteiger partial charge in [0.2, 0.25) is 0 Å². The second-order valence-corrected chi connectivity index (χ2v) is 6.62. The van der Waals surface area contributed by atoms with Gasteiger partial charge in [0.15, 0.2) is 10.8 Å². The summed E-state index contributed by atoms with van der Waals surface area (Å²) in [6.07, 6.45) is -1.12. The summed E-state index contributed by atoms with van der Waals surface area (Å²) in [7, 11) is 0. The van der Waals surface area contributed by atoms with Gasteiger partial charge in [-0.3, -0.25) is 19.2 Å². The van der Waals surface area contributed by atoms with Gasteiger partial charge in [-0.05, 0) is 30.4 Å². The number of benzene rings is 2. The lowest BCUT2D eigenvalue weighted by Crippen LogP contribution is -2.57. The number of carboxylic acid groups (broad SMARTS) is 4. The Bertz CT molecular complexity index is 801. The maximum Gasteiger partial charge on any atom is 0.322 e. The topological polar surface area (TPSA) is 149 Å². The summed E-state index contributed by atoms with van der Waals surface area (Å²) in [5.41, 5.74) is -3.08. The summed E-state index contributed by atoms with van der Waals surface area (Å²) >= 11 is 0. The Morgan fingerprint density at radius 2 is 0.828 bits per heavy atom. The van der Waals surface area contributed by atoms with Gasteiger partial charge in [-0.25, -0.2) is 0 Å². The van der Waals surface area contributed by atoms with Crippen LogP contribution in [0.15, 0.2) is 60.7 Å². The molecule has 0 aliphatic heterocycles. The highest BCUT2D eigenvalue weighted by molar-refractivity contribution is 6.13. The van der Waals surface area contributed by atoms with Crippen molar-refractivity contribution in [1.82, 2.24) is 0 Å². The molecule has 1 saturated carbocycles. The van der Waals surface area contributed by atoms with Crippen molar-refractivity contribution in [3.8, 4) is 11.1 Å². The lowest BCUT2D eigenvalue weighted by molar-refractivity contribution is -0.191. The van der Waals surface area contributed by atoms with Crippen molar-refractivity contribution in [2.24, 2.45) is 10.8 Å². The van der Waals surface area contributed by atoms with Gasteiger partial charge in [0.05, 0.1) is 0 Å². The van der Waals surface area contributed by atoms with E-state index in [9.17, 15) is 19.2 Å². The molecule has 2 aromatic rings. The third kappa shape index (κ3) is 3.69. The molecule has 152 valence electrons. The first-order valence-corrected chi connectivity index (χ1v) is 8.74. The van der Waals surface area contributed by atoms with Crippen molar-refractivity contribution >= 4 is 23.9 Å². The van der Waals surface area contributed by atoms with E-state index >= 15 is 0 Å². The SMILES string of the molecule is O=C(O)C1(C(=O)O)CCCC1(C(=O)O)C(=O)O.c1ccc(-c2ccccc2)cc1. The van der Waals surface area contributed by atoms with E-state index in [1.54, 1.807) is 0 Å². The fourth-order valence-corrected chi connectivity index (χ4v) is 3.65. The predicted molar refractivity (Wildman–Crippen MR) is 101 cm³/mol. The standard InChI is InChI=1S/C12H10.C9H10O8/c1-3-7-11(8-4-1)12-9-5-2-6-10-12;10-4(11)8(5(12)13)2-1-3-9(8,6(14)15)7(16)17/h1-10H;1-3H2,(H,10,11)(H,12,13)(H,14,15)(H,16,17). The molecule has 0 spiro atoms. The highest BCUT2D eigenvalue weighted by Crippen LogP contribution is 2.54. The van der Waals surface area contributed by atoms with Crippen LogP contribution in [0.3, 0.4) is 0 Å². The molecule has 0 radical (unpaired) electrons. The largest absolute Gasteiger partial charge is 0.480 e. The smallest absolute Gasteiger partial charge is 0.322 e. The van der Waals surface area contributed by atoms with Crippen LogP contribution in [-0.2, 0) is 19.2 Å². The van der Waals surface area contributed by atoms with Crippen LogP contribution in [0.25, 0.3) is 11.1 Å². The number of carboxylic acids is 4. The van der Waals surface area contributed by atoms with Crippen LogP contribution in [-0.4, -0.2) is 44.3 Å². The van der Waals surface area contributed by atoms with Gasteiger partial charge in [-0.15, -0.1) is 0 Å². The fourth-order valence-electron chi connectivity index (χ4n) is 3.65. The van der Waals surface area contributed by atoms with Crippen molar-refractivity contribution in [2.75, 3.05) is 0 Å². The Kier molecular flexibility index (Phi) is 6.38. The van der Waals surface area contributed by atoms with Crippen LogP contribution < -0.4 is 0 Å². The molecule has 0 aromatic heterocycles. The summed E-state index contributed by atoms with van der Waals surface area (Å²) in [5.74, 6) is -7.75. The molecular weight excluding hydrogens is 380 g/mol. The summed E-state index contributed by atoms with van der Waals surface area (Å²) < 4.78 is 0. The number of hydrogen-bond donors (Lipinski definition) is 4. The van der Waals surface area contributed by atoms with Crippen LogP contribution >= 0.6 is 0 Å². The molecular formula is C21H20O8. The quantitative estimate of drug-likeness (QED) is 0.560. The highest BCUT2D eigenvalue weighted by atomic mass is 16.4. The van der Waals surface area contributed by atoms with E-state index in [2.05, 4.69) is 48.5 Å². The molecule has 0 saturated heterocycles. The molecule has 0 atom stereocenters. The van der Waals surface area contributed by atoms with Gasteiger partial charge >= 0.3 is 23.9 Å². The van der Waals surface area contributed by atoms with Gasteiger partial charge in [-0.2, -0.15) is 0 Å². The Morgan fingerprint density at radius 3 is 1.07 bits per heavy atom. The zero-order chi connectivity index (χ0) is 21.7. The first-order chi connectivity index (χ1) is 13.7. The molecule has 2 aromatic carbocycles. The number of rotatable bonds is 5. The minimum atomic E-state index is -2.81. The molecule has 3 rings (SSSR count). The van der Waals surface area contributed by atoms with Gasteiger partial charge < -0.3 is 20.4 Å². The van der Waals surface area contributed by atoms with E-state index in [1.807, 2.05) is 12.1 Å². The number of aliphatic carboxylic acids is 4. The second kappa shape index (κ2) is 8.55. The summed E-state index contributed by atoms with van der Waals surface area (Å²) in [5, 5.41) is 35.8. The molecule has 4 N–H and O–H groups in total. The number of carbonyl (C=O) groups is 4. The molecule has 8 heteroatoms. The van der Waals surface area contributed by atoms with Crippen LogP contribution in [0.5, 0.6) is 0 Å². The summed E-state index contributed by atoms with van der Waals surface area (Å²) in [6, 6.07) is 20.8. The first kappa shape index (κ1) is 21.6. The Balaban J connectivity index is 0.000000218. The Morgan fingerprint density at radius 1 is 0.552 bits per heavy atom. The first-order valence-electron chi connectivity index (χ1n) is 8.74. The lowest BCUT2D eigenvalue weighted by atomic mass is 9.65. The third-order valence-corrected chi connectivity index (χ3v) is 5.17. The van der Waals surface area contributed by atoms with E-state index in [1.165, 1.54) is 11.1 Å². The summed E-state index contributed by atoms with van der Waals surface area (Å²) in [6.45, 7) is 0. The zero-order valence-corrected chi connectivity index (χ0v) is 15.3.